The molecular weight excluding hydrogens is 308 g/mol. The monoisotopic (exact) mass is 332 g/mol. The minimum absolute atomic E-state index is 0.0236. The number of carbonyl (C=O) groups is 1. The Morgan fingerprint density at radius 3 is 3.08 bits per heavy atom. The summed E-state index contributed by atoms with van der Waals surface area (Å²) in [6.07, 6.45) is 4.98. The van der Waals surface area contributed by atoms with E-state index in [9.17, 15) is 4.79 Å². The van der Waals surface area contributed by atoms with Crippen LogP contribution in [0.3, 0.4) is 0 Å². The summed E-state index contributed by atoms with van der Waals surface area (Å²) < 4.78 is 7.24. The fourth-order valence-corrected chi connectivity index (χ4v) is 3.07. The second-order valence-electron chi connectivity index (χ2n) is 6.10. The van der Waals surface area contributed by atoms with E-state index in [1.54, 1.807) is 4.68 Å². The van der Waals surface area contributed by atoms with Gasteiger partial charge in [-0.25, -0.2) is 0 Å². The number of likely N-dealkylation sites (N-methyl/N-ethyl adjacent to an activating group) is 1. The third kappa shape index (κ3) is 4.00. The largest absolute Gasteiger partial charge is 0.419 e. The van der Waals surface area contributed by atoms with E-state index < -0.39 is 0 Å². The molecule has 24 heavy (non-hydrogen) atoms. The average molecular weight is 332 g/mol. The van der Waals surface area contributed by atoms with Gasteiger partial charge in [0.15, 0.2) is 0 Å². The highest BCUT2D eigenvalue weighted by atomic mass is 16.4. The summed E-state index contributed by atoms with van der Waals surface area (Å²) in [4.78, 5) is 14.4. The van der Waals surface area contributed by atoms with Crippen LogP contribution in [0.25, 0.3) is 11.6 Å². The summed E-state index contributed by atoms with van der Waals surface area (Å²) in [7, 11) is 1.83. The molecule has 3 heterocycles. The Balaban J connectivity index is 1.44. The van der Waals surface area contributed by atoms with Gasteiger partial charge in [0, 0.05) is 38.7 Å². The highest BCUT2D eigenvalue weighted by molar-refractivity contribution is 5.76. The van der Waals surface area contributed by atoms with E-state index in [0.717, 1.165) is 26.1 Å². The minimum Gasteiger partial charge on any atom is -0.419 e. The summed E-state index contributed by atoms with van der Waals surface area (Å²) in [6, 6.07) is 2.28. The molecule has 0 radical (unpaired) electrons. The van der Waals surface area contributed by atoms with E-state index in [1.807, 2.05) is 19.3 Å². The van der Waals surface area contributed by atoms with Gasteiger partial charge < -0.3 is 9.73 Å². The highest BCUT2D eigenvalue weighted by Gasteiger charge is 2.23. The number of nitrogens with one attached hydrogen (secondary N) is 1. The van der Waals surface area contributed by atoms with Crippen LogP contribution in [-0.4, -0.2) is 56.5 Å². The molecule has 1 amide bonds. The van der Waals surface area contributed by atoms with Crippen LogP contribution in [0.2, 0.25) is 0 Å². The van der Waals surface area contributed by atoms with Crippen molar-refractivity contribution in [2.24, 2.45) is 7.05 Å². The molecule has 1 N–H and O–H groups in total. The molecule has 2 aromatic heterocycles. The van der Waals surface area contributed by atoms with Gasteiger partial charge in [0.2, 0.25) is 11.8 Å². The molecule has 2 aromatic rings. The maximum Gasteiger partial charge on any atom is 0.268 e. The smallest absolute Gasteiger partial charge is 0.268 e. The molecule has 8 nitrogen and oxygen atoms in total. The van der Waals surface area contributed by atoms with Crippen molar-refractivity contribution in [3.63, 3.8) is 0 Å². The summed E-state index contributed by atoms with van der Waals surface area (Å²) in [5.74, 6) is 0.868. The summed E-state index contributed by atoms with van der Waals surface area (Å²) >= 11 is 0. The van der Waals surface area contributed by atoms with Crippen LogP contribution in [0.4, 0.5) is 0 Å². The van der Waals surface area contributed by atoms with Gasteiger partial charge in [-0.2, -0.15) is 5.10 Å². The lowest BCUT2D eigenvalue weighted by Gasteiger charge is -2.22. The molecule has 1 atom stereocenters. The Kier molecular flexibility index (Phi) is 5.24. The third-order valence-corrected chi connectivity index (χ3v) is 4.41. The van der Waals surface area contributed by atoms with E-state index >= 15 is 0 Å². The minimum atomic E-state index is 0.0236. The van der Waals surface area contributed by atoms with E-state index in [2.05, 4.69) is 32.4 Å². The fourth-order valence-electron chi connectivity index (χ4n) is 3.07. The summed E-state index contributed by atoms with van der Waals surface area (Å²) in [5, 5.41) is 15.2. The third-order valence-electron chi connectivity index (χ3n) is 4.41. The number of carbonyl (C=O) groups excluding carboxylic acids is 1. The molecule has 1 fully saturated rings. The van der Waals surface area contributed by atoms with Crippen LogP contribution >= 0.6 is 0 Å². The Labute approximate surface area is 141 Å². The van der Waals surface area contributed by atoms with Crippen LogP contribution in [0.5, 0.6) is 0 Å². The van der Waals surface area contributed by atoms with Gasteiger partial charge >= 0.3 is 0 Å². The van der Waals surface area contributed by atoms with E-state index in [1.165, 1.54) is 6.42 Å². The number of hydrogen-bond donors (Lipinski definition) is 1. The SMILES string of the molecule is CCN1CCCC1CNC(=O)CCc1nnc(-c2ccn(C)n2)o1. The average Bonchev–Trinajstić information content (AvgIpc) is 3.30. The molecule has 130 valence electrons. The summed E-state index contributed by atoms with van der Waals surface area (Å²) in [6.45, 7) is 5.05. The molecule has 8 heteroatoms. The Morgan fingerprint density at radius 1 is 1.46 bits per heavy atom. The van der Waals surface area contributed by atoms with Crippen molar-refractivity contribution in [1.82, 2.24) is 30.2 Å². The predicted molar refractivity (Wildman–Crippen MR) is 88.1 cm³/mol. The lowest BCUT2D eigenvalue weighted by molar-refractivity contribution is -0.121. The number of aryl methyl sites for hydroxylation is 2. The molecule has 3 rings (SSSR count). The molecule has 1 saturated heterocycles. The van der Waals surface area contributed by atoms with Crippen molar-refractivity contribution in [2.45, 2.75) is 38.6 Å². The van der Waals surface area contributed by atoms with Crippen molar-refractivity contribution in [1.29, 1.82) is 0 Å². The van der Waals surface area contributed by atoms with E-state index in [0.29, 0.717) is 36.4 Å². The Hall–Kier alpha value is -2.22. The molecule has 0 aromatic carbocycles. The number of likely N-dealkylation sites (tertiary alicyclic amines) is 1. The molecule has 0 aliphatic carbocycles. The standard InChI is InChI=1S/C16H24N6O2/c1-3-22-9-4-5-12(22)11-17-14(23)6-7-15-18-19-16(24-15)13-8-10-21(2)20-13/h8,10,12H,3-7,9,11H2,1-2H3,(H,17,23). The molecule has 1 aliphatic rings. The number of nitrogens with zero attached hydrogens (tertiary/aromatic N) is 5. The number of hydrogen-bond acceptors (Lipinski definition) is 6. The van der Waals surface area contributed by atoms with Crippen molar-refractivity contribution < 1.29 is 9.21 Å². The lowest BCUT2D eigenvalue weighted by Crippen LogP contribution is -2.40. The first-order chi connectivity index (χ1) is 11.7. The van der Waals surface area contributed by atoms with Crippen LogP contribution in [-0.2, 0) is 18.3 Å². The second kappa shape index (κ2) is 7.57. The summed E-state index contributed by atoms with van der Waals surface area (Å²) in [5.41, 5.74) is 0.640. The Bertz CT molecular complexity index is 680. The maximum absolute atomic E-state index is 12.0. The van der Waals surface area contributed by atoms with Crippen molar-refractivity contribution in [3.8, 4) is 11.6 Å². The second-order valence-corrected chi connectivity index (χ2v) is 6.10. The first kappa shape index (κ1) is 16.6. The number of aromatic nitrogens is 4. The van der Waals surface area contributed by atoms with Gasteiger partial charge in [-0.1, -0.05) is 6.92 Å². The predicted octanol–water partition coefficient (Wildman–Crippen LogP) is 1.00. The van der Waals surface area contributed by atoms with Gasteiger partial charge in [-0.15, -0.1) is 10.2 Å². The Morgan fingerprint density at radius 2 is 2.33 bits per heavy atom. The molecule has 1 unspecified atom stereocenters. The lowest BCUT2D eigenvalue weighted by atomic mass is 10.2. The highest BCUT2D eigenvalue weighted by Crippen LogP contribution is 2.16. The molecule has 0 saturated carbocycles. The van der Waals surface area contributed by atoms with Crippen molar-refractivity contribution >= 4 is 5.91 Å². The quantitative estimate of drug-likeness (QED) is 0.814. The zero-order valence-corrected chi connectivity index (χ0v) is 14.2. The first-order valence-corrected chi connectivity index (χ1v) is 8.49. The topological polar surface area (TPSA) is 89.1 Å². The number of amides is 1. The fraction of sp³-hybridized carbons (Fsp3) is 0.625. The van der Waals surface area contributed by atoms with Gasteiger partial charge in [0.25, 0.3) is 5.89 Å². The van der Waals surface area contributed by atoms with Gasteiger partial charge in [0.05, 0.1) is 0 Å². The van der Waals surface area contributed by atoms with Crippen LogP contribution in [0.1, 0.15) is 32.1 Å². The zero-order valence-electron chi connectivity index (χ0n) is 14.2. The molecule has 1 aliphatic heterocycles. The first-order valence-electron chi connectivity index (χ1n) is 8.49. The zero-order chi connectivity index (χ0) is 16.9. The van der Waals surface area contributed by atoms with Crippen molar-refractivity contribution in [3.05, 3.63) is 18.2 Å². The van der Waals surface area contributed by atoms with Gasteiger partial charge in [0.1, 0.15) is 5.69 Å². The normalized spacial score (nSPS) is 18.2. The maximum atomic E-state index is 12.0. The molecular formula is C16H24N6O2. The molecule has 0 bridgehead atoms. The van der Waals surface area contributed by atoms with Crippen LogP contribution in [0, 0.1) is 0 Å². The van der Waals surface area contributed by atoms with E-state index in [4.69, 9.17) is 4.42 Å². The van der Waals surface area contributed by atoms with Gasteiger partial charge in [-0.05, 0) is 32.0 Å². The molecule has 0 spiro atoms. The van der Waals surface area contributed by atoms with Crippen LogP contribution < -0.4 is 5.32 Å². The number of rotatable bonds is 7. The van der Waals surface area contributed by atoms with Crippen molar-refractivity contribution in [2.75, 3.05) is 19.6 Å². The van der Waals surface area contributed by atoms with E-state index in [-0.39, 0.29) is 5.91 Å². The van der Waals surface area contributed by atoms with Gasteiger partial charge in [-0.3, -0.25) is 14.4 Å². The van der Waals surface area contributed by atoms with Crippen LogP contribution in [0.15, 0.2) is 16.7 Å².